The van der Waals surface area contributed by atoms with Gasteiger partial charge in [0.1, 0.15) is 0 Å². The van der Waals surface area contributed by atoms with Gasteiger partial charge < -0.3 is 10.1 Å². The van der Waals surface area contributed by atoms with Crippen molar-refractivity contribution >= 4 is 27.6 Å². The molecule has 0 aromatic heterocycles. The number of benzene rings is 2. The van der Waals surface area contributed by atoms with Crippen molar-refractivity contribution in [3.05, 3.63) is 59.7 Å². The highest BCUT2D eigenvalue weighted by Gasteiger charge is 2.21. The van der Waals surface area contributed by atoms with Gasteiger partial charge in [0.2, 0.25) is 10.0 Å². The maximum atomic E-state index is 12.2. The number of rotatable bonds is 6. The second-order valence-electron chi connectivity index (χ2n) is 6.16. The molecule has 0 unspecified atom stereocenters. The number of nitrogens with zero attached hydrogens (tertiary/aromatic N) is 1. The average Bonchev–Trinajstić information content (AvgIpc) is 2.63. The van der Waals surface area contributed by atoms with Gasteiger partial charge in [-0.2, -0.15) is 0 Å². The van der Waals surface area contributed by atoms with Gasteiger partial charge in [0, 0.05) is 19.8 Å². The molecule has 7 nitrogen and oxygen atoms in total. The fourth-order valence-corrected chi connectivity index (χ4v) is 3.11. The molecule has 2 aromatic carbocycles. The van der Waals surface area contributed by atoms with E-state index in [4.69, 9.17) is 4.74 Å². The summed E-state index contributed by atoms with van der Waals surface area (Å²) in [5, 5.41) is 2.71. The molecule has 0 bridgehead atoms. The van der Waals surface area contributed by atoms with Crippen molar-refractivity contribution < 1.29 is 22.7 Å². The lowest BCUT2D eigenvalue weighted by atomic mass is 10.2. The number of amides is 1. The van der Waals surface area contributed by atoms with Crippen LogP contribution in [-0.4, -0.2) is 44.8 Å². The van der Waals surface area contributed by atoms with E-state index < -0.39 is 28.0 Å². The van der Waals surface area contributed by atoms with Crippen LogP contribution in [0, 0.1) is 6.92 Å². The Morgan fingerprint density at radius 1 is 1.04 bits per heavy atom. The van der Waals surface area contributed by atoms with E-state index in [1.54, 1.807) is 12.1 Å². The number of hydrogen-bond acceptors (Lipinski definition) is 5. The van der Waals surface area contributed by atoms with Gasteiger partial charge in [-0.05, 0) is 49.7 Å². The normalized spacial score (nSPS) is 12.5. The van der Waals surface area contributed by atoms with E-state index in [-0.39, 0.29) is 10.5 Å². The first-order chi connectivity index (χ1) is 12.6. The van der Waals surface area contributed by atoms with Crippen LogP contribution in [0.4, 0.5) is 5.69 Å². The Kier molecular flexibility index (Phi) is 6.35. The van der Waals surface area contributed by atoms with E-state index in [2.05, 4.69) is 5.32 Å². The molecule has 0 aliphatic heterocycles. The Morgan fingerprint density at radius 2 is 1.63 bits per heavy atom. The standard InChI is InChI=1S/C19H22N2O5S/c1-13-7-5-6-8-17(13)20-18(22)14(2)26-19(23)15-9-11-16(12-10-15)27(24,25)21(3)4/h5-12,14H,1-4H3,(H,20,22)/t14-/m0/s1. The third-order valence-corrected chi connectivity index (χ3v) is 5.75. The fraction of sp³-hybridized carbons (Fsp3) is 0.263. The van der Waals surface area contributed by atoms with Crippen LogP contribution in [0.2, 0.25) is 0 Å². The highest BCUT2D eigenvalue weighted by Crippen LogP contribution is 2.16. The van der Waals surface area contributed by atoms with Crippen LogP contribution in [0.25, 0.3) is 0 Å². The fourth-order valence-electron chi connectivity index (χ4n) is 2.20. The predicted molar refractivity (Wildman–Crippen MR) is 102 cm³/mol. The summed E-state index contributed by atoms with van der Waals surface area (Å²) in [4.78, 5) is 24.5. The van der Waals surface area contributed by atoms with Crippen LogP contribution in [0.5, 0.6) is 0 Å². The zero-order valence-corrected chi connectivity index (χ0v) is 16.4. The van der Waals surface area contributed by atoms with Crippen molar-refractivity contribution in [2.75, 3.05) is 19.4 Å². The molecule has 1 N–H and O–H groups in total. The molecule has 0 spiro atoms. The van der Waals surface area contributed by atoms with E-state index in [9.17, 15) is 18.0 Å². The molecule has 2 aromatic rings. The molecule has 0 radical (unpaired) electrons. The van der Waals surface area contributed by atoms with Crippen molar-refractivity contribution in [2.24, 2.45) is 0 Å². The molecule has 0 saturated carbocycles. The Morgan fingerprint density at radius 3 is 2.19 bits per heavy atom. The largest absolute Gasteiger partial charge is 0.449 e. The summed E-state index contributed by atoms with van der Waals surface area (Å²) >= 11 is 0. The van der Waals surface area contributed by atoms with Crippen molar-refractivity contribution in [1.29, 1.82) is 0 Å². The average molecular weight is 390 g/mol. The first-order valence-corrected chi connectivity index (χ1v) is 9.67. The molecule has 1 atom stereocenters. The number of nitrogens with one attached hydrogen (secondary N) is 1. The minimum absolute atomic E-state index is 0.0643. The molecule has 0 fully saturated rings. The van der Waals surface area contributed by atoms with E-state index in [0.717, 1.165) is 9.87 Å². The lowest BCUT2D eigenvalue weighted by Gasteiger charge is -2.15. The number of ether oxygens (including phenoxy) is 1. The van der Waals surface area contributed by atoms with Crippen molar-refractivity contribution in [1.82, 2.24) is 4.31 Å². The second kappa shape index (κ2) is 8.32. The predicted octanol–water partition coefficient (Wildman–Crippen LogP) is 2.43. The molecule has 27 heavy (non-hydrogen) atoms. The van der Waals surface area contributed by atoms with Gasteiger partial charge in [-0.3, -0.25) is 4.79 Å². The first kappa shape index (κ1) is 20.6. The van der Waals surface area contributed by atoms with E-state index >= 15 is 0 Å². The number of carbonyl (C=O) groups excluding carboxylic acids is 2. The highest BCUT2D eigenvalue weighted by atomic mass is 32.2. The zero-order valence-electron chi connectivity index (χ0n) is 15.6. The summed E-state index contributed by atoms with van der Waals surface area (Å²) in [6.07, 6.45) is -1.01. The van der Waals surface area contributed by atoms with Gasteiger partial charge in [0.25, 0.3) is 5.91 Å². The maximum absolute atomic E-state index is 12.2. The van der Waals surface area contributed by atoms with Crippen molar-refractivity contribution in [3.63, 3.8) is 0 Å². The summed E-state index contributed by atoms with van der Waals surface area (Å²) in [5.74, 6) is -1.17. The number of anilines is 1. The third-order valence-electron chi connectivity index (χ3n) is 3.92. The molecular formula is C19H22N2O5S. The van der Waals surface area contributed by atoms with Crippen LogP contribution < -0.4 is 5.32 Å². The summed E-state index contributed by atoms with van der Waals surface area (Å²) in [7, 11) is -0.732. The van der Waals surface area contributed by atoms with Crippen molar-refractivity contribution in [3.8, 4) is 0 Å². The molecule has 0 aliphatic carbocycles. The minimum atomic E-state index is -3.58. The Bertz CT molecular complexity index is 937. The van der Waals surface area contributed by atoms with Crippen LogP contribution in [0.3, 0.4) is 0 Å². The number of sulfonamides is 1. The van der Waals surface area contributed by atoms with Crippen LogP contribution >= 0.6 is 0 Å². The van der Waals surface area contributed by atoms with Gasteiger partial charge in [0.15, 0.2) is 6.10 Å². The molecule has 144 valence electrons. The van der Waals surface area contributed by atoms with Gasteiger partial charge in [0.05, 0.1) is 10.5 Å². The SMILES string of the molecule is Cc1ccccc1NC(=O)[C@H](C)OC(=O)c1ccc(S(=O)(=O)N(C)C)cc1. The monoisotopic (exact) mass is 390 g/mol. The zero-order chi connectivity index (χ0) is 20.2. The quantitative estimate of drug-likeness (QED) is 0.765. The number of hydrogen-bond donors (Lipinski definition) is 1. The van der Waals surface area contributed by atoms with E-state index in [1.807, 2.05) is 19.1 Å². The molecule has 2 rings (SSSR count). The lowest BCUT2D eigenvalue weighted by Crippen LogP contribution is -2.30. The molecule has 0 heterocycles. The Labute approximate surface area is 159 Å². The highest BCUT2D eigenvalue weighted by molar-refractivity contribution is 7.89. The van der Waals surface area contributed by atoms with Gasteiger partial charge in [-0.1, -0.05) is 18.2 Å². The van der Waals surface area contributed by atoms with E-state index in [1.165, 1.54) is 45.3 Å². The Hall–Kier alpha value is -2.71. The summed E-state index contributed by atoms with van der Waals surface area (Å²) < 4.78 is 30.3. The second-order valence-corrected chi connectivity index (χ2v) is 8.32. The Balaban J connectivity index is 2.04. The minimum Gasteiger partial charge on any atom is -0.449 e. The van der Waals surface area contributed by atoms with Crippen LogP contribution in [-0.2, 0) is 19.6 Å². The maximum Gasteiger partial charge on any atom is 0.338 e. The number of carbonyl (C=O) groups is 2. The van der Waals surface area contributed by atoms with Crippen LogP contribution in [0.1, 0.15) is 22.8 Å². The van der Waals surface area contributed by atoms with Gasteiger partial charge in [-0.25, -0.2) is 17.5 Å². The molecular weight excluding hydrogens is 368 g/mol. The smallest absolute Gasteiger partial charge is 0.338 e. The summed E-state index contributed by atoms with van der Waals surface area (Å²) in [6.45, 7) is 3.33. The van der Waals surface area contributed by atoms with Crippen molar-refractivity contribution in [2.45, 2.75) is 24.8 Å². The molecule has 0 aliphatic rings. The van der Waals surface area contributed by atoms with Crippen LogP contribution in [0.15, 0.2) is 53.4 Å². The number of esters is 1. The lowest BCUT2D eigenvalue weighted by molar-refractivity contribution is -0.123. The molecule has 8 heteroatoms. The van der Waals surface area contributed by atoms with E-state index in [0.29, 0.717) is 5.69 Å². The molecule has 0 saturated heterocycles. The number of para-hydroxylation sites is 1. The van der Waals surface area contributed by atoms with Gasteiger partial charge >= 0.3 is 5.97 Å². The third kappa shape index (κ3) is 4.93. The topological polar surface area (TPSA) is 92.8 Å². The summed E-state index contributed by atoms with van der Waals surface area (Å²) in [6, 6.07) is 12.6. The van der Waals surface area contributed by atoms with Gasteiger partial charge in [-0.15, -0.1) is 0 Å². The first-order valence-electron chi connectivity index (χ1n) is 8.23. The number of aryl methyl sites for hydroxylation is 1. The summed E-state index contributed by atoms with van der Waals surface area (Å²) in [5.41, 5.74) is 1.69. The molecule has 1 amide bonds.